The minimum Gasteiger partial charge on any atom is -0.483 e. The number of ether oxygens (including phenoxy) is 5. The van der Waals surface area contributed by atoms with Gasteiger partial charge in [-0.1, -0.05) is 0 Å². The Morgan fingerprint density at radius 2 is 1.88 bits per heavy atom. The van der Waals surface area contributed by atoms with Crippen LogP contribution in [0, 0.1) is 5.82 Å². The van der Waals surface area contributed by atoms with Gasteiger partial charge < -0.3 is 28.6 Å². The molecule has 26 heavy (non-hydrogen) atoms. The molecule has 1 saturated heterocycles. The highest BCUT2D eigenvalue weighted by Crippen LogP contribution is 2.30. The molecule has 2 heterocycles. The Balaban J connectivity index is 1.93. The van der Waals surface area contributed by atoms with Crippen molar-refractivity contribution in [2.24, 2.45) is 0 Å². The fraction of sp³-hybridized carbons (Fsp3) is 0.412. The van der Waals surface area contributed by atoms with E-state index in [4.69, 9.17) is 18.9 Å². The fourth-order valence-corrected chi connectivity index (χ4v) is 2.56. The van der Waals surface area contributed by atoms with Crippen LogP contribution in [0.3, 0.4) is 0 Å². The number of nitrogens with zero attached hydrogens (tertiary/aromatic N) is 1. The number of carbonyl (C=O) groups is 2. The molecule has 0 saturated carbocycles. The molecule has 0 unspecified atom stereocenters. The third-order valence-electron chi connectivity index (χ3n) is 3.96. The molecule has 0 aromatic heterocycles. The Hall–Kier alpha value is -2.65. The van der Waals surface area contributed by atoms with Crippen molar-refractivity contribution in [2.45, 2.75) is 6.10 Å². The van der Waals surface area contributed by atoms with Gasteiger partial charge in [0, 0.05) is 11.8 Å². The van der Waals surface area contributed by atoms with E-state index >= 15 is 0 Å². The highest BCUT2D eigenvalue weighted by atomic mass is 19.1. The van der Waals surface area contributed by atoms with Gasteiger partial charge in [0.1, 0.15) is 18.5 Å². The zero-order valence-electron chi connectivity index (χ0n) is 14.3. The molecule has 1 aromatic rings. The van der Waals surface area contributed by atoms with Crippen LogP contribution in [0.1, 0.15) is 0 Å². The van der Waals surface area contributed by atoms with Gasteiger partial charge in [-0.25, -0.2) is 14.0 Å². The lowest BCUT2D eigenvalue weighted by molar-refractivity contribution is -0.140. The molecule has 2 aliphatic heterocycles. The Kier molecular flexibility index (Phi) is 5.38. The van der Waals surface area contributed by atoms with E-state index in [0.717, 1.165) is 0 Å². The SMILES string of the molecule is COC(=O)C1=C(C(=O)OC)N(c2ccc(OC3COC3)c(F)c2)COC1. The van der Waals surface area contributed by atoms with Crippen molar-refractivity contribution in [3.05, 3.63) is 35.3 Å². The third kappa shape index (κ3) is 3.49. The largest absolute Gasteiger partial charge is 0.483 e. The van der Waals surface area contributed by atoms with Gasteiger partial charge in [-0.3, -0.25) is 0 Å². The van der Waals surface area contributed by atoms with Crippen LogP contribution < -0.4 is 9.64 Å². The lowest BCUT2D eigenvalue weighted by Crippen LogP contribution is -2.39. The Morgan fingerprint density at radius 1 is 1.15 bits per heavy atom. The molecule has 1 aromatic carbocycles. The molecule has 0 radical (unpaired) electrons. The first-order valence-electron chi connectivity index (χ1n) is 7.84. The summed E-state index contributed by atoms with van der Waals surface area (Å²) in [5.41, 5.74) is 0.255. The number of carbonyl (C=O) groups excluding carboxylic acids is 2. The summed E-state index contributed by atoms with van der Waals surface area (Å²) in [5, 5.41) is 0. The normalized spacial score (nSPS) is 17.6. The van der Waals surface area contributed by atoms with Gasteiger partial charge in [-0.05, 0) is 12.1 Å². The first kappa shape index (κ1) is 18.2. The monoisotopic (exact) mass is 367 g/mol. The van der Waals surface area contributed by atoms with Crippen LogP contribution in [-0.2, 0) is 28.5 Å². The molecule has 0 bridgehead atoms. The van der Waals surface area contributed by atoms with Crippen LogP contribution in [0.4, 0.5) is 10.1 Å². The second-order valence-electron chi connectivity index (χ2n) is 5.61. The number of hydrogen-bond donors (Lipinski definition) is 0. The van der Waals surface area contributed by atoms with Gasteiger partial charge in [0.25, 0.3) is 0 Å². The van der Waals surface area contributed by atoms with E-state index in [0.29, 0.717) is 18.9 Å². The fourth-order valence-electron chi connectivity index (χ4n) is 2.56. The molecule has 2 aliphatic rings. The summed E-state index contributed by atoms with van der Waals surface area (Å²) in [6, 6.07) is 4.20. The first-order valence-corrected chi connectivity index (χ1v) is 7.84. The molecule has 0 amide bonds. The van der Waals surface area contributed by atoms with Crippen LogP contribution in [0.2, 0.25) is 0 Å². The summed E-state index contributed by atoms with van der Waals surface area (Å²) in [7, 11) is 2.38. The molecule has 3 rings (SSSR count). The second kappa shape index (κ2) is 7.71. The van der Waals surface area contributed by atoms with Gasteiger partial charge in [-0.15, -0.1) is 0 Å². The highest BCUT2D eigenvalue weighted by molar-refractivity contribution is 6.03. The maximum atomic E-state index is 14.4. The van der Waals surface area contributed by atoms with E-state index in [9.17, 15) is 14.0 Å². The molecule has 1 fully saturated rings. The number of methoxy groups -OCH3 is 2. The van der Waals surface area contributed by atoms with Gasteiger partial charge in [0.2, 0.25) is 0 Å². The zero-order valence-corrected chi connectivity index (χ0v) is 14.3. The number of hydrogen-bond acceptors (Lipinski definition) is 8. The van der Waals surface area contributed by atoms with E-state index in [1.165, 1.54) is 31.3 Å². The molecule has 8 nitrogen and oxygen atoms in total. The minimum atomic E-state index is -0.749. The molecular formula is C17H18FNO7. The Labute approximate surface area is 149 Å². The van der Waals surface area contributed by atoms with Crippen LogP contribution >= 0.6 is 0 Å². The van der Waals surface area contributed by atoms with Gasteiger partial charge in [0.15, 0.2) is 11.6 Å². The maximum Gasteiger partial charge on any atom is 0.355 e. The summed E-state index contributed by atoms with van der Waals surface area (Å²) in [6.45, 7) is 0.664. The van der Waals surface area contributed by atoms with Crippen LogP contribution in [-0.4, -0.2) is 58.8 Å². The van der Waals surface area contributed by atoms with Crippen molar-refractivity contribution < 1.29 is 37.7 Å². The van der Waals surface area contributed by atoms with Gasteiger partial charge >= 0.3 is 11.9 Å². The molecule has 0 N–H and O–H groups in total. The Bertz CT molecular complexity index is 745. The summed E-state index contributed by atoms with van der Waals surface area (Å²) in [5.74, 6) is -2.00. The van der Waals surface area contributed by atoms with Crippen LogP contribution in [0.5, 0.6) is 5.75 Å². The van der Waals surface area contributed by atoms with Crippen LogP contribution in [0.25, 0.3) is 0 Å². The first-order chi connectivity index (χ1) is 12.5. The van der Waals surface area contributed by atoms with E-state index in [1.54, 1.807) is 6.07 Å². The van der Waals surface area contributed by atoms with Crippen molar-refractivity contribution in [1.29, 1.82) is 0 Å². The number of anilines is 1. The highest BCUT2D eigenvalue weighted by Gasteiger charge is 2.33. The summed E-state index contributed by atoms with van der Waals surface area (Å²) < 4.78 is 39.7. The van der Waals surface area contributed by atoms with Crippen molar-refractivity contribution in [2.75, 3.05) is 45.7 Å². The Morgan fingerprint density at radius 3 is 2.46 bits per heavy atom. The van der Waals surface area contributed by atoms with E-state index < -0.39 is 17.8 Å². The van der Waals surface area contributed by atoms with Crippen molar-refractivity contribution >= 4 is 17.6 Å². The second-order valence-corrected chi connectivity index (χ2v) is 5.61. The molecule has 0 aliphatic carbocycles. The minimum absolute atomic E-state index is 0.00190. The van der Waals surface area contributed by atoms with E-state index in [1.807, 2.05) is 0 Å². The van der Waals surface area contributed by atoms with Gasteiger partial charge in [0.05, 0.1) is 39.6 Å². The summed E-state index contributed by atoms with van der Waals surface area (Å²) in [6.07, 6.45) is -0.176. The lowest BCUT2D eigenvalue weighted by Gasteiger charge is -2.31. The molecule has 9 heteroatoms. The van der Waals surface area contributed by atoms with Crippen LogP contribution in [0.15, 0.2) is 29.5 Å². The summed E-state index contributed by atoms with van der Waals surface area (Å²) >= 11 is 0. The lowest BCUT2D eigenvalue weighted by atomic mass is 10.1. The van der Waals surface area contributed by atoms with E-state index in [-0.39, 0.29) is 36.5 Å². The number of esters is 2. The predicted molar refractivity (Wildman–Crippen MR) is 86.0 cm³/mol. The quantitative estimate of drug-likeness (QED) is 0.713. The van der Waals surface area contributed by atoms with Crippen molar-refractivity contribution in [1.82, 2.24) is 0 Å². The number of rotatable bonds is 5. The molecule has 140 valence electrons. The standard InChI is InChI=1S/C17H18FNO7/c1-22-16(20)12-8-25-9-19(15(12)17(21)23-2)10-3-4-14(13(18)5-10)26-11-6-24-7-11/h3-5,11H,6-9H2,1-2H3. The van der Waals surface area contributed by atoms with E-state index in [2.05, 4.69) is 4.74 Å². The summed E-state index contributed by atoms with van der Waals surface area (Å²) in [4.78, 5) is 25.5. The average molecular weight is 367 g/mol. The third-order valence-corrected chi connectivity index (χ3v) is 3.96. The molecule has 0 atom stereocenters. The number of benzene rings is 1. The maximum absolute atomic E-state index is 14.4. The predicted octanol–water partition coefficient (Wildman–Crippen LogP) is 0.997. The average Bonchev–Trinajstić information content (AvgIpc) is 2.63. The molecular weight excluding hydrogens is 349 g/mol. The zero-order chi connectivity index (χ0) is 18.7. The topological polar surface area (TPSA) is 83.5 Å². The van der Waals surface area contributed by atoms with Crippen molar-refractivity contribution in [3.8, 4) is 5.75 Å². The van der Waals surface area contributed by atoms with Crippen molar-refractivity contribution in [3.63, 3.8) is 0 Å². The smallest absolute Gasteiger partial charge is 0.355 e. The van der Waals surface area contributed by atoms with Gasteiger partial charge in [-0.2, -0.15) is 0 Å². The number of halogens is 1. The molecule has 0 spiro atoms.